The summed E-state index contributed by atoms with van der Waals surface area (Å²) in [7, 11) is 0. The second-order valence-corrected chi connectivity index (χ2v) is 3.42. The zero-order valence-electron chi connectivity index (χ0n) is 8.03. The van der Waals surface area contributed by atoms with Crippen molar-refractivity contribution >= 4 is 27.9 Å². The molecule has 2 rings (SSSR count). The third kappa shape index (κ3) is 1.99. The number of halogens is 4. The maximum atomic E-state index is 12.8. The zero-order valence-corrected chi connectivity index (χ0v) is 9.62. The SMILES string of the molecule is O=C(OBr)c1nc2ccccn2c1C(F)(F)F. The molecule has 0 radical (unpaired) electrons. The van der Waals surface area contributed by atoms with E-state index >= 15 is 0 Å². The van der Waals surface area contributed by atoms with Gasteiger partial charge >= 0.3 is 12.1 Å². The van der Waals surface area contributed by atoms with E-state index in [0.717, 1.165) is 4.40 Å². The molecule has 2 aromatic rings. The van der Waals surface area contributed by atoms with Gasteiger partial charge < -0.3 is 3.83 Å². The Labute approximate surface area is 101 Å². The molecule has 0 saturated heterocycles. The average molecular weight is 309 g/mol. The minimum absolute atomic E-state index is 0.0210. The molecule has 0 amide bonds. The third-order valence-corrected chi connectivity index (χ3v) is 2.36. The highest BCUT2D eigenvalue weighted by atomic mass is 79.9. The predicted octanol–water partition coefficient (Wildman–Crippen LogP) is 2.82. The summed E-state index contributed by atoms with van der Waals surface area (Å²) in [5.41, 5.74) is -1.91. The lowest BCUT2D eigenvalue weighted by atomic mass is 10.3. The van der Waals surface area contributed by atoms with Crippen LogP contribution in [0.25, 0.3) is 5.65 Å². The van der Waals surface area contributed by atoms with E-state index in [1.165, 1.54) is 24.4 Å². The van der Waals surface area contributed by atoms with Crippen LogP contribution in [0.5, 0.6) is 0 Å². The van der Waals surface area contributed by atoms with E-state index in [1.54, 1.807) is 0 Å². The molecular formula is C9H4BrF3N2O2. The van der Waals surface area contributed by atoms with Crippen LogP contribution in [0.2, 0.25) is 0 Å². The van der Waals surface area contributed by atoms with Crippen LogP contribution in [0.4, 0.5) is 13.2 Å². The molecule has 90 valence electrons. The van der Waals surface area contributed by atoms with E-state index in [4.69, 9.17) is 0 Å². The first-order valence-electron chi connectivity index (χ1n) is 4.32. The van der Waals surface area contributed by atoms with Crippen molar-refractivity contribution in [3.8, 4) is 0 Å². The number of nitrogens with zero attached hydrogens (tertiary/aromatic N) is 2. The van der Waals surface area contributed by atoms with E-state index in [0.29, 0.717) is 0 Å². The highest BCUT2D eigenvalue weighted by Crippen LogP contribution is 2.33. The molecule has 4 nitrogen and oxygen atoms in total. The first kappa shape index (κ1) is 11.9. The Hall–Kier alpha value is -1.57. The van der Waals surface area contributed by atoms with Crippen molar-refractivity contribution in [2.45, 2.75) is 6.18 Å². The van der Waals surface area contributed by atoms with Gasteiger partial charge in [-0.25, -0.2) is 9.78 Å². The molecule has 0 N–H and O–H groups in total. The summed E-state index contributed by atoms with van der Waals surface area (Å²) in [6.07, 6.45) is -3.52. The van der Waals surface area contributed by atoms with Gasteiger partial charge in [-0.3, -0.25) is 4.40 Å². The van der Waals surface area contributed by atoms with Crippen LogP contribution < -0.4 is 0 Å². The summed E-state index contributed by atoms with van der Waals surface area (Å²) in [5.74, 6) is -1.19. The quantitative estimate of drug-likeness (QED) is 0.813. The number of fused-ring (bicyclic) bond motifs is 1. The lowest BCUT2D eigenvalue weighted by molar-refractivity contribution is -0.142. The van der Waals surface area contributed by atoms with Crippen LogP contribution in [0.1, 0.15) is 16.2 Å². The van der Waals surface area contributed by atoms with Crippen LogP contribution in [0.15, 0.2) is 24.4 Å². The second kappa shape index (κ2) is 4.02. The standard InChI is InChI=1S/C9H4BrF3N2O2/c10-17-8(16)6-7(9(11,12)13)15-4-2-1-3-5(15)14-6/h1-4H. The van der Waals surface area contributed by atoms with Crippen molar-refractivity contribution in [3.63, 3.8) is 0 Å². The van der Waals surface area contributed by atoms with Gasteiger partial charge in [0, 0.05) is 6.20 Å². The molecule has 0 atom stereocenters. The number of hydrogen-bond acceptors (Lipinski definition) is 3. The summed E-state index contributed by atoms with van der Waals surface area (Å²) in [5, 5.41) is 0. The number of imidazole rings is 1. The van der Waals surface area contributed by atoms with Gasteiger partial charge in [0.05, 0.1) is 0 Å². The summed E-state index contributed by atoms with van der Waals surface area (Å²) < 4.78 is 43.4. The fourth-order valence-corrected chi connectivity index (χ4v) is 1.60. The molecule has 0 bridgehead atoms. The zero-order chi connectivity index (χ0) is 12.6. The van der Waals surface area contributed by atoms with Gasteiger partial charge in [-0.2, -0.15) is 13.2 Å². The molecule has 2 heterocycles. The molecule has 0 aliphatic carbocycles. The van der Waals surface area contributed by atoms with Crippen molar-refractivity contribution in [1.29, 1.82) is 0 Å². The highest BCUT2D eigenvalue weighted by Gasteiger charge is 2.40. The fourth-order valence-electron chi connectivity index (χ4n) is 1.45. The van der Waals surface area contributed by atoms with E-state index in [2.05, 4.69) is 25.1 Å². The minimum atomic E-state index is -4.70. The van der Waals surface area contributed by atoms with E-state index in [-0.39, 0.29) is 5.65 Å². The van der Waals surface area contributed by atoms with Crippen molar-refractivity contribution < 1.29 is 21.8 Å². The lowest BCUT2D eigenvalue weighted by Crippen LogP contribution is -2.15. The van der Waals surface area contributed by atoms with Crippen LogP contribution in [-0.4, -0.2) is 15.4 Å². The topological polar surface area (TPSA) is 43.6 Å². The van der Waals surface area contributed by atoms with Crippen molar-refractivity contribution in [2.75, 3.05) is 0 Å². The highest BCUT2D eigenvalue weighted by molar-refractivity contribution is 9.06. The maximum Gasteiger partial charge on any atom is 0.434 e. The molecule has 0 aliphatic heterocycles. The van der Waals surface area contributed by atoms with Crippen molar-refractivity contribution in [2.24, 2.45) is 0 Å². The molecule has 8 heteroatoms. The second-order valence-electron chi connectivity index (χ2n) is 3.10. The minimum Gasteiger partial charge on any atom is -0.379 e. The number of hydrogen-bond donors (Lipinski definition) is 0. The van der Waals surface area contributed by atoms with E-state index in [9.17, 15) is 18.0 Å². The molecule has 0 spiro atoms. The smallest absolute Gasteiger partial charge is 0.379 e. The average Bonchev–Trinajstić information content (AvgIpc) is 2.66. The van der Waals surface area contributed by atoms with Gasteiger partial charge in [-0.1, -0.05) is 6.07 Å². The fraction of sp³-hybridized carbons (Fsp3) is 0.111. The maximum absolute atomic E-state index is 12.8. The number of pyridine rings is 1. The number of aromatic nitrogens is 2. The van der Waals surface area contributed by atoms with Crippen LogP contribution >= 0.6 is 16.3 Å². The first-order chi connectivity index (χ1) is 7.95. The van der Waals surface area contributed by atoms with Gasteiger partial charge in [-0.05, 0) is 12.1 Å². The molecule has 2 aromatic heterocycles. The summed E-state index contributed by atoms with van der Waals surface area (Å²) >= 11 is 2.34. The van der Waals surface area contributed by atoms with Gasteiger partial charge in [-0.15, -0.1) is 0 Å². The molecule has 0 aromatic carbocycles. The molecule has 0 unspecified atom stereocenters. The molecule has 0 fully saturated rings. The predicted molar refractivity (Wildman–Crippen MR) is 54.5 cm³/mol. The van der Waals surface area contributed by atoms with Gasteiger partial charge in [0.1, 0.15) is 5.65 Å². The van der Waals surface area contributed by atoms with Gasteiger partial charge in [0.25, 0.3) is 0 Å². The van der Waals surface area contributed by atoms with Crippen LogP contribution in [-0.2, 0) is 10.0 Å². The first-order valence-corrected chi connectivity index (χ1v) is 4.97. The number of carbonyl (C=O) groups is 1. The number of carbonyl (C=O) groups excluding carboxylic acids is 1. The van der Waals surface area contributed by atoms with Crippen LogP contribution in [0, 0.1) is 0 Å². The van der Waals surface area contributed by atoms with Crippen LogP contribution in [0.3, 0.4) is 0 Å². The number of alkyl halides is 3. The van der Waals surface area contributed by atoms with Crippen molar-refractivity contribution in [1.82, 2.24) is 9.38 Å². The molecule has 0 saturated carbocycles. The summed E-state index contributed by atoms with van der Waals surface area (Å²) in [4.78, 5) is 14.8. The Bertz CT molecular complexity index is 579. The largest absolute Gasteiger partial charge is 0.434 e. The Balaban J connectivity index is 2.79. The molecule has 17 heavy (non-hydrogen) atoms. The number of rotatable bonds is 1. The summed E-state index contributed by atoms with van der Waals surface area (Å²) in [6, 6.07) is 4.29. The Morgan fingerprint density at radius 1 is 1.41 bits per heavy atom. The molecular weight excluding hydrogens is 305 g/mol. The Morgan fingerprint density at radius 2 is 2.12 bits per heavy atom. The molecule has 0 aliphatic rings. The Kier molecular flexibility index (Phi) is 2.82. The Morgan fingerprint density at radius 3 is 2.71 bits per heavy atom. The normalized spacial score (nSPS) is 11.8. The monoisotopic (exact) mass is 308 g/mol. The summed E-state index contributed by atoms with van der Waals surface area (Å²) in [6.45, 7) is 0. The van der Waals surface area contributed by atoms with Crippen molar-refractivity contribution in [3.05, 3.63) is 35.8 Å². The third-order valence-electron chi connectivity index (χ3n) is 2.06. The lowest BCUT2D eigenvalue weighted by Gasteiger charge is -2.07. The van der Waals surface area contributed by atoms with E-state index in [1.807, 2.05) is 0 Å². The van der Waals surface area contributed by atoms with E-state index < -0.39 is 23.5 Å². The van der Waals surface area contributed by atoms with Gasteiger partial charge in [0.2, 0.25) is 0 Å². The van der Waals surface area contributed by atoms with Gasteiger partial charge in [0.15, 0.2) is 27.6 Å².